The van der Waals surface area contributed by atoms with Crippen molar-refractivity contribution in [2.75, 3.05) is 26.2 Å². The third-order valence-corrected chi connectivity index (χ3v) is 6.04. The Morgan fingerprint density at radius 2 is 1.96 bits per heavy atom. The highest BCUT2D eigenvalue weighted by molar-refractivity contribution is 5.78. The van der Waals surface area contributed by atoms with Gasteiger partial charge in [-0.05, 0) is 63.0 Å². The van der Waals surface area contributed by atoms with Gasteiger partial charge >= 0.3 is 0 Å². The van der Waals surface area contributed by atoms with Crippen LogP contribution in [0.4, 0.5) is 0 Å². The summed E-state index contributed by atoms with van der Waals surface area (Å²) in [4.78, 5) is 29.0. The van der Waals surface area contributed by atoms with Crippen LogP contribution >= 0.6 is 0 Å². The number of aromatic nitrogens is 3. The van der Waals surface area contributed by atoms with Crippen LogP contribution in [0.25, 0.3) is 0 Å². The highest BCUT2D eigenvalue weighted by atomic mass is 16.1. The number of amides is 1. The van der Waals surface area contributed by atoms with Gasteiger partial charge in [0, 0.05) is 43.9 Å². The fourth-order valence-electron chi connectivity index (χ4n) is 4.45. The average molecular weight is 383 g/mol. The summed E-state index contributed by atoms with van der Waals surface area (Å²) in [7, 11) is 0. The first-order valence-corrected chi connectivity index (χ1v) is 10.4. The molecule has 150 valence electrons. The molecule has 2 saturated heterocycles. The van der Waals surface area contributed by atoms with Gasteiger partial charge < -0.3 is 10.3 Å². The SMILES string of the molecule is O=C(NCc1ncc[nH]1)C1CCCN(C2CCN(Cc3ccncc3)CC2)C1. The summed E-state index contributed by atoms with van der Waals surface area (Å²) in [5.41, 5.74) is 1.33. The molecule has 4 rings (SSSR count). The van der Waals surface area contributed by atoms with E-state index in [1.807, 2.05) is 12.4 Å². The molecule has 0 aromatic carbocycles. The molecule has 28 heavy (non-hydrogen) atoms. The van der Waals surface area contributed by atoms with E-state index in [1.54, 1.807) is 12.4 Å². The van der Waals surface area contributed by atoms with Gasteiger partial charge in [-0.1, -0.05) is 0 Å². The maximum atomic E-state index is 12.6. The molecular formula is C21H30N6O. The largest absolute Gasteiger partial charge is 0.349 e. The minimum absolute atomic E-state index is 0.0959. The lowest BCUT2D eigenvalue weighted by atomic mass is 9.93. The molecule has 2 N–H and O–H groups in total. The Bertz CT molecular complexity index is 727. The number of nitrogens with zero attached hydrogens (tertiary/aromatic N) is 4. The Morgan fingerprint density at radius 3 is 2.71 bits per heavy atom. The van der Waals surface area contributed by atoms with E-state index in [9.17, 15) is 4.79 Å². The molecule has 2 aliphatic rings. The van der Waals surface area contributed by atoms with Gasteiger partial charge in [0.2, 0.25) is 5.91 Å². The Hall–Kier alpha value is -2.25. The van der Waals surface area contributed by atoms with Crippen molar-refractivity contribution < 1.29 is 4.79 Å². The van der Waals surface area contributed by atoms with E-state index in [0.29, 0.717) is 12.6 Å². The summed E-state index contributed by atoms with van der Waals surface area (Å²) in [6, 6.07) is 4.81. The summed E-state index contributed by atoms with van der Waals surface area (Å²) in [6.45, 7) is 5.75. The molecule has 4 heterocycles. The number of piperidine rings is 2. The molecule has 2 fully saturated rings. The molecule has 1 atom stereocenters. The summed E-state index contributed by atoms with van der Waals surface area (Å²) in [6.07, 6.45) is 11.7. The Kier molecular flexibility index (Phi) is 6.34. The van der Waals surface area contributed by atoms with Crippen molar-refractivity contribution in [2.24, 2.45) is 5.92 Å². The van der Waals surface area contributed by atoms with Gasteiger partial charge in [0.15, 0.2) is 0 Å². The monoisotopic (exact) mass is 382 g/mol. The van der Waals surface area contributed by atoms with Crippen LogP contribution in [0, 0.1) is 5.92 Å². The Labute approximate surface area is 166 Å². The molecule has 1 unspecified atom stereocenters. The number of nitrogens with one attached hydrogen (secondary N) is 2. The first kappa shape index (κ1) is 19.1. The smallest absolute Gasteiger partial charge is 0.224 e. The van der Waals surface area contributed by atoms with Crippen LogP contribution < -0.4 is 5.32 Å². The van der Waals surface area contributed by atoms with Gasteiger partial charge in [0.25, 0.3) is 0 Å². The van der Waals surface area contributed by atoms with Crippen molar-refractivity contribution in [1.82, 2.24) is 30.1 Å². The molecule has 7 heteroatoms. The van der Waals surface area contributed by atoms with Crippen LogP contribution in [0.5, 0.6) is 0 Å². The van der Waals surface area contributed by atoms with Crippen LogP contribution in [0.1, 0.15) is 37.1 Å². The highest BCUT2D eigenvalue weighted by Gasteiger charge is 2.31. The normalized spacial score (nSPS) is 22.2. The van der Waals surface area contributed by atoms with Crippen LogP contribution in [0.3, 0.4) is 0 Å². The van der Waals surface area contributed by atoms with Gasteiger partial charge in [0.05, 0.1) is 12.5 Å². The number of carbonyl (C=O) groups excluding carboxylic acids is 1. The van der Waals surface area contributed by atoms with Crippen molar-refractivity contribution >= 4 is 5.91 Å². The van der Waals surface area contributed by atoms with Crippen LogP contribution in [-0.4, -0.2) is 62.9 Å². The van der Waals surface area contributed by atoms with Gasteiger partial charge in [0.1, 0.15) is 5.82 Å². The maximum absolute atomic E-state index is 12.6. The van der Waals surface area contributed by atoms with Gasteiger partial charge in [-0.2, -0.15) is 0 Å². The highest BCUT2D eigenvalue weighted by Crippen LogP contribution is 2.24. The molecule has 2 aliphatic heterocycles. The van der Waals surface area contributed by atoms with E-state index in [1.165, 1.54) is 18.4 Å². The van der Waals surface area contributed by atoms with E-state index in [2.05, 4.69) is 42.2 Å². The van der Waals surface area contributed by atoms with Gasteiger partial charge in [-0.3, -0.25) is 19.6 Å². The number of likely N-dealkylation sites (tertiary alicyclic amines) is 2. The number of pyridine rings is 1. The van der Waals surface area contributed by atoms with Crippen molar-refractivity contribution in [3.8, 4) is 0 Å². The minimum Gasteiger partial charge on any atom is -0.349 e. The zero-order valence-corrected chi connectivity index (χ0v) is 16.4. The molecule has 0 radical (unpaired) electrons. The Morgan fingerprint density at radius 1 is 1.14 bits per heavy atom. The number of aromatic amines is 1. The van der Waals surface area contributed by atoms with E-state index in [4.69, 9.17) is 0 Å². The number of carbonyl (C=O) groups is 1. The molecule has 2 aromatic heterocycles. The predicted octanol–water partition coefficient (Wildman–Crippen LogP) is 1.80. The summed E-state index contributed by atoms with van der Waals surface area (Å²) < 4.78 is 0. The number of H-pyrrole nitrogens is 1. The molecule has 0 spiro atoms. The van der Waals surface area contributed by atoms with Gasteiger partial charge in [-0.15, -0.1) is 0 Å². The van der Waals surface area contributed by atoms with Gasteiger partial charge in [-0.25, -0.2) is 4.98 Å². The molecule has 0 bridgehead atoms. The lowest BCUT2D eigenvalue weighted by molar-refractivity contribution is -0.127. The van der Waals surface area contributed by atoms with E-state index >= 15 is 0 Å². The van der Waals surface area contributed by atoms with Crippen LogP contribution in [-0.2, 0) is 17.9 Å². The van der Waals surface area contributed by atoms with E-state index < -0.39 is 0 Å². The third kappa shape index (κ3) is 4.97. The van der Waals surface area contributed by atoms with Crippen LogP contribution in [0.2, 0.25) is 0 Å². The number of rotatable bonds is 6. The standard InChI is InChI=1S/C21H30N6O/c28-21(25-14-20-23-9-10-24-20)18-2-1-11-27(16-18)19-5-12-26(13-6-19)15-17-3-7-22-8-4-17/h3-4,7-10,18-19H,1-2,5-6,11-16H2,(H,23,24)(H,25,28). The lowest BCUT2D eigenvalue weighted by Crippen LogP contribution is -2.50. The minimum atomic E-state index is 0.0959. The van der Waals surface area contributed by atoms with Crippen LogP contribution in [0.15, 0.2) is 36.9 Å². The number of hydrogen-bond acceptors (Lipinski definition) is 5. The number of imidazole rings is 1. The zero-order valence-electron chi connectivity index (χ0n) is 16.4. The third-order valence-electron chi connectivity index (χ3n) is 6.04. The lowest BCUT2D eigenvalue weighted by Gasteiger charge is -2.42. The summed E-state index contributed by atoms with van der Waals surface area (Å²) in [5, 5.41) is 3.04. The molecule has 1 amide bonds. The fourth-order valence-corrected chi connectivity index (χ4v) is 4.45. The second-order valence-corrected chi connectivity index (χ2v) is 7.95. The van der Waals surface area contributed by atoms with E-state index in [-0.39, 0.29) is 11.8 Å². The van der Waals surface area contributed by atoms with E-state index in [0.717, 1.165) is 51.4 Å². The Balaban J connectivity index is 1.23. The molecule has 0 aliphatic carbocycles. The first-order chi connectivity index (χ1) is 13.8. The first-order valence-electron chi connectivity index (χ1n) is 10.4. The molecule has 0 saturated carbocycles. The van der Waals surface area contributed by atoms with Crippen molar-refractivity contribution in [3.63, 3.8) is 0 Å². The average Bonchev–Trinajstić information content (AvgIpc) is 3.27. The number of hydrogen-bond donors (Lipinski definition) is 2. The summed E-state index contributed by atoms with van der Waals surface area (Å²) in [5.74, 6) is 1.07. The maximum Gasteiger partial charge on any atom is 0.224 e. The van der Waals surface area contributed by atoms with Crippen molar-refractivity contribution in [2.45, 2.75) is 44.8 Å². The second kappa shape index (κ2) is 9.30. The fraction of sp³-hybridized carbons (Fsp3) is 0.571. The molecule has 7 nitrogen and oxygen atoms in total. The zero-order chi connectivity index (χ0) is 19.2. The summed E-state index contributed by atoms with van der Waals surface area (Å²) >= 11 is 0. The topological polar surface area (TPSA) is 77.2 Å². The predicted molar refractivity (Wildman–Crippen MR) is 107 cm³/mol. The van der Waals surface area contributed by atoms with Crippen molar-refractivity contribution in [3.05, 3.63) is 48.3 Å². The molecular weight excluding hydrogens is 352 g/mol. The molecule has 2 aromatic rings. The van der Waals surface area contributed by atoms with Crippen molar-refractivity contribution in [1.29, 1.82) is 0 Å². The quantitative estimate of drug-likeness (QED) is 0.797. The second-order valence-electron chi connectivity index (χ2n) is 7.95.